The summed E-state index contributed by atoms with van der Waals surface area (Å²) in [6, 6.07) is 3.96. The molecule has 0 spiro atoms. The summed E-state index contributed by atoms with van der Waals surface area (Å²) in [5.41, 5.74) is 9.40. The normalized spacial score (nSPS) is 11.1. The maximum atomic E-state index is 8.99. The molecule has 9 nitrogen and oxygen atoms in total. The smallest absolute Gasteiger partial charge is 0.169 e. The molecule has 0 atom stereocenters. The van der Waals surface area contributed by atoms with E-state index in [9.17, 15) is 0 Å². The van der Waals surface area contributed by atoms with Gasteiger partial charge in [-0.05, 0) is 11.6 Å². The highest BCUT2D eigenvalue weighted by atomic mass is 16.3. The Balaban J connectivity index is 1.53. The zero-order valence-electron chi connectivity index (χ0n) is 13.9. The highest BCUT2D eigenvalue weighted by Gasteiger charge is 2.09. The molecule has 4 aromatic rings. The van der Waals surface area contributed by atoms with E-state index in [1.807, 2.05) is 35.1 Å². The summed E-state index contributed by atoms with van der Waals surface area (Å²) in [6.45, 7) is 1.02. The summed E-state index contributed by atoms with van der Waals surface area (Å²) in [5.74, 6) is 0.850. The lowest BCUT2D eigenvalue weighted by molar-refractivity contribution is 0.269. The van der Waals surface area contributed by atoms with Crippen molar-refractivity contribution < 1.29 is 5.11 Å². The van der Waals surface area contributed by atoms with Gasteiger partial charge in [-0.3, -0.25) is 4.68 Å². The first-order chi connectivity index (χ1) is 12.7. The van der Waals surface area contributed by atoms with Crippen LogP contribution in [0.3, 0.4) is 0 Å². The van der Waals surface area contributed by atoms with Crippen molar-refractivity contribution in [2.24, 2.45) is 0 Å². The van der Waals surface area contributed by atoms with Gasteiger partial charge < -0.3 is 20.6 Å². The summed E-state index contributed by atoms with van der Waals surface area (Å²) >= 11 is 0. The number of nitrogens with zero attached hydrogens (tertiary/aromatic N) is 6. The molecule has 4 rings (SSSR count). The maximum absolute atomic E-state index is 8.99. The highest BCUT2D eigenvalue weighted by Crippen LogP contribution is 2.21. The van der Waals surface area contributed by atoms with Gasteiger partial charge in [0.1, 0.15) is 5.65 Å². The lowest BCUT2D eigenvalue weighted by Crippen LogP contribution is -2.07. The van der Waals surface area contributed by atoms with Crippen molar-refractivity contribution in [3.05, 3.63) is 54.9 Å². The number of nitrogens with two attached hydrogens (primary N) is 1. The van der Waals surface area contributed by atoms with Gasteiger partial charge in [0.15, 0.2) is 11.6 Å². The minimum absolute atomic E-state index is 0.0304. The topological polar surface area (TPSA) is 119 Å². The predicted octanol–water partition coefficient (Wildman–Crippen LogP) is 1.17. The number of anilines is 2. The van der Waals surface area contributed by atoms with Gasteiger partial charge in [-0.1, -0.05) is 6.07 Å². The molecule has 0 bridgehead atoms. The maximum Gasteiger partial charge on any atom is 0.169 e. The molecule has 0 radical (unpaired) electrons. The molecule has 0 amide bonds. The van der Waals surface area contributed by atoms with E-state index in [-0.39, 0.29) is 6.61 Å². The zero-order chi connectivity index (χ0) is 17.9. The molecule has 0 aromatic carbocycles. The van der Waals surface area contributed by atoms with Crippen molar-refractivity contribution in [1.82, 2.24) is 29.1 Å². The van der Waals surface area contributed by atoms with Crippen molar-refractivity contribution in [3.8, 4) is 11.3 Å². The fourth-order valence-electron chi connectivity index (χ4n) is 2.64. The standard InChI is InChI=1S/C17H18N8O/c18-16-17(21-7-12-1-2-15-19-3-4-24(15)10-12)23-14(9-20-16)13-8-22-25(11-13)5-6-26/h1-4,8-11,26H,5-7H2,(H2,18,20)(H,21,23). The van der Waals surface area contributed by atoms with Gasteiger partial charge in [-0.25, -0.2) is 15.0 Å². The van der Waals surface area contributed by atoms with E-state index >= 15 is 0 Å². The number of imidazole rings is 1. The van der Waals surface area contributed by atoms with E-state index in [4.69, 9.17) is 10.8 Å². The summed E-state index contributed by atoms with van der Waals surface area (Å²) in [4.78, 5) is 13.0. The second-order valence-corrected chi connectivity index (χ2v) is 5.79. The molecular formula is C17H18N8O. The number of aliphatic hydroxyl groups excluding tert-OH is 1. The number of hydrogen-bond acceptors (Lipinski definition) is 7. The van der Waals surface area contributed by atoms with Crippen molar-refractivity contribution in [1.29, 1.82) is 0 Å². The number of pyridine rings is 1. The van der Waals surface area contributed by atoms with Crippen LogP contribution in [0.1, 0.15) is 5.56 Å². The minimum Gasteiger partial charge on any atom is -0.394 e. The summed E-state index contributed by atoms with van der Waals surface area (Å²) in [7, 11) is 0. The molecule has 9 heteroatoms. The van der Waals surface area contributed by atoms with Gasteiger partial charge in [-0.2, -0.15) is 5.10 Å². The molecule has 26 heavy (non-hydrogen) atoms. The number of aliphatic hydroxyl groups is 1. The van der Waals surface area contributed by atoms with Crippen molar-refractivity contribution in [2.45, 2.75) is 13.1 Å². The number of fused-ring (bicyclic) bond motifs is 1. The van der Waals surface area contributed by atoms with Crippen LogP contribution in [-0.4, -0.2) is 40.8 Å². The van der Waals surface area contributed by atoms with Gasteiger partial charge in [0.25, 0.3) is 0 Å². The molecule has 4 heterocycles. The fourth-order valence-corrected chi connectivity index (χ4v) is 2.64. The Labute approximate surface area is 149 Å². The van der Waals surface area contributed by atoms with E-state index < -0.39 is 0 Å². The van der Waals surface area contributed by atoms with Crippen LogP contribution < -0.4 is 11.1 Å². The molecule has 0 aliphatic heterocycles. The van der Waals surface area contributed by atoms with Crippen molar-refractivity contribution in [3.63, 3.8) is 0 Å². The Hall–Kier alpha value is -3.46. The Kier molecular flexibility index (Phi) is 4.20. The molecule has 0 unspecified atom stereocenters. The number of aromatic nitrogens is 6. The summed E-state index contributed by atoms with van der Waals surface area (Å²) in [6.07, 6.45) is 10.8. The number of nitrogens with one attached hydrogen (secondary N) is 1. The fraction of sp³-hybridized carbons (Fsp3) is 0.176. The molecule has 132 valence electrons. The van der Waals surface area contributed by atoms with Gasteiger partial charge in [0.05, 0.1) is 31.2 Å². The molecule has 0 aliphatic carbocycles. The Morgan fingerprint density at radius 2 is 2.08 bits per heavy atom. The minimum atomic E-state index is 0.0304. The van der Waals surface area contributed by atoms with Crippen LogP contribution in [0.15, 0.2) is 49.3 Å². The van der Waals surface area contributed by atoms with Gasteiger partial charge in [-0.15, -0.1) is 0 Å². The lowest BCUT2D eigenvalue weighted by Gasteiger charge is -2.09. The largest absolute Gasteiger partial charge is 0.394 e. The lowest BCUT2D eigenvalue weighted by atomic mass is 10.2. The SMILES string of the molecule is Nc1ncc(-c2cnn(CCO)c2)nc1NCc1ccc2nccn2c1. The average molecular weight is 350 g/mol. The number of nitrogen functional groups attached to an aromatic ring is 1. The molecule has 0 saturated heterocycles. The van der Waals surface area contributed by atoms with E-state index in [1.165, 1.54) is 0 Å². The average Bonchev–Trinajstić information content (AvgIpc) is 3.30. The van der Waals surface area contributed by atoms with Gasteiger partial charge >= 0.3 is 0 Å². The van der Waals surface area contributed by atoms with Crippen molar-refractivity contribution >= 4 is 17.3 Å². The Bertz CT molecular complexity index is 1040. The molecule has 4 aromatic heterocycles. The third kappa shape index (κ3) is 3.20. The van der Waals surface area contributed by atoms with E-state index in [2.05, 4.69) is 25.4 Å². The van der Waals surface area contributed by atoms with Crippen LogP contribution in [0.25, 0.3) is 16.9 Å². The highest BCUT2D eigenvalue weighted by molar-refractivity contribution is 5.64. The quantitative estimate of drug-likeness (QED) is 0.477. The van der Waals surface area contributed by atoms with E-state index in [0.717, 1.165) is 16.8 Å². The van der Waals surface area contributed by atoms with Gasteiger partial charge in [0, 0.05) is 36.9 Å². The third-order valence-electron chi connectivity index (χ3n) is 3.97. The number of rotatable bonds is 6. The second-order valence-electron chi connectivity index (χ2n) is 5.79. The zero-order valence-corrected chi connectivity index (χ0v) is 13.9. The molecule has 0 fully saturated rings. The molecule has 0 aliphatic rings. The van der Waals surface area contributed by atoms with Crippen LogP contribution in [0.4, 0.5) is 11.6 Å². The first kappa shape index (κ1) is 16.0. The van der Waals surface area contributed by atoms with Crippen LogP contribution in [0, 0.1) is 0 Å². The second kappa shape index (κ2) is 6.81. The molecular weight excluding hydrogens is 332 g/mol. The summed E-state index contributed by atoms with van der Waals surface area (Å²) < 4.78 is 3.61. The van der Waals surface area contributed by atoms with E-state index in [0.29, 0.717) is 30.4 Å². The molecule has 4 N–H and O–H groups in total. The number of hydrogen-bond donors (Lipinski definition) is 3. The van der Waals surface area contributed by atoms with Crippen LogP contribution >= 0.6 is 0 Å². The Morgan fingerprint density at radius 3 is 2.96 bits per heavy atom. The monoisotopic (exact) mass is 350 g/mol. The first-order valence-corrected chi connectivity index (χ1v) is 8.14. The first-order valence-electron chi connectivity index (χ1n) is 8.14. The van der Waals surface area contributed by atoms with Crippen LogP contribution in [0.2, 0.25) is 0 Å². The van der Waals surface area contributed by atoms with Crippen molar-refractivity contribution in [2.75, 3.05) is 17.7 Å². The van der Waals surface area contributed by atoms with Crippen LogP contribution in [-0.2, 0) is 13.1 Å². The van der Waals surface area contributed by atoms with Crippen LogP contribution in [0.5, 0.6) is 0 Å². The summed E-state index contributed by atoms with van der Waals surface area (Å²) in [5, 5.41) is 16.4. The Morgan fingerprint density at radius 1 is 1.15 bits per heavy atom. The molecule has 0 saturated carbocycles. The predicted molar refractivity (Wildman–Crippen MR) is 97.3 cm³/mol. The van der Waals surface area contributed by atoms with E-state index in [1.54, 1.807) is 23.3 Å². The third-order valence-corrected chi connectivity index (χ3v) is 3.97. The van der Waals surface area contributed by atoms with Gasteiger partial charge in [0.2, 0.25) is 0 Å².